The minimum absolute atomic E-state index is 0.359. The van der Waals surface area contributed by atoms with Crippen molar-refractivity contribution in [1.82, 2.24) is 0 Å². The normalized spacial score (nSPS) is 14.3. The fraction of sp³-hybridized carbons (Fsp3) is 0.786. The van der Waals surface area contributed by atoms with Crippen molar-refractivity contribution in [2.75, 3.05) is 0 Å². The molecule has 0 bridgehead atoms. The zero-order valence-electron chi connectivity index (χ0n) is 10.9. The summed E-state index contributed by atoms with van der Waals surface area (Å²) in [6, 6.07) is 0. The second-order valence-electron chi connectivity index (χ2n) is 4.61. The van der Waals surface area contributed by atoms with Crippen molar-refractivity contribution < 1.29 is 15.0 Å². The topological polar surface area (TPSA) is 57.5 Å². The Hall–Kier alpha value is -0.670. The number of carbonyl (C=O) groups is 1. The highest BCUT2D eigenvalue weighted by atomic mass is 16.3. The van der Waals surface area contributed by atoms with E-state index in [1.807, 2.05) is 6.08 Å². The third-order valence-corrected chi connectivity index (χ3v) is 2.94. The maximum absolute atomic E-state index is 10.8. The zero-order chi connectivity index (χ0) is 13.1. The van der Waals surface area contributed by atoms with Gasteiger partial charge in [-0.05, 0) is 26.2 Å². The molecule has 0 rings (SSSR count). The van der Waals surface area contributed by atoms with Gasteiger partial charge in [-0.25, -0.2) is 0 Å². The molecule has 0 aromatic carbocycles. The average molecular weight is 242 g/mol. The van der Waals surface area contributed by atoms with E-state index in [-0.39, 0.29) is 5.78 Å². The van der Waals surface area contributed by atoms with Crippen LogP contribution in [0.25, 0.3) is 0 Å². The molecule has 0 fully saturated rings. The number of hydrogen-bond donors (Lipinski definition) is 2. The third-order valence-electron chi connectivity index (χ3n) is 2.94. The number of carbonyl (C=O) groups excluding carboxylic acids is 1. The average Bonchev–Trinajstić information content (AvgIpc) is 2.31. The number of unbranched alkanes of at least 4 members (excludes halogenated alkanes) is 6. The smallest absolute Gasteiger partial charge is 0.160 e. The van der Waals surface area contributed by atoms with Gasteiger partial charge < -0.3 is 10.2 Å². The molecule has 0 heterocycles. The molecule has 0 aromatic heterocycles. The van der Waals surface area contributed by atoms with Crippen LogP contribution in [-0.2, 0) is 4.79 Å². The van der Waals surface area contributed by atoms with Crippen molar-refractivity contribution in [3.63, 3.8) is 0 Å². The molecule has 100 valence electrons. The van der Waals surface area contributed by atoms with E-state index >= 15 is 0 Å². The van der Waals surface area contributed by atoms with Crippen molar-refractivity contribution >= 4 is 5.78 Å². The van der Waals surface area contributed by atoms with E-state index in [1.165, 1.54) is 26.2 Å². The Morgan fingerprint density at radius 2 is 1.65 bits per heavy atom. The molecule has 0 aliphatic heterocycles. The highest BCUT2D eigenvalue weighted by Gasteiger charge is 2.19. The van der Waals surface area contributed by atoms with E-state index in [2.05, 4.69) is 6.58 Å². The summed E-state index contributed by atoms with van der Waals surface area (Å²) in [5.74, 6) is -0.359. The molecule has 0 aromatic rings. The van der Waals surface area contributed by atoms with Crippen LogP contribution in [0.4, 0.5) is 0 Å². The standard InChI is InChI=1S/C14H26O3/c1-3-4-5-6-7-8-9-10-11-13(16)14(17)12(2)15/h3,13-14,16-17H,1,4-11H2,2H3/t13-,14+/m1/s1. The van der Waals surface area contributed by atoms with Crippen LogP contribution in [0, 0.1) is 0 Å². The fourth-order valence-corrected chi connectivity index (χ4v) is 1.78. The number of Topliss-reactive ketones (excluding diaryl/α,β-unsaturated/α-hetero) is 1. The molecule has 0 aliphatic carbocycles. The number of aliphatic hydroxyl groups is 2. The molecule has 0 spiro atoms. The molecule has 3 nitrogen and oxygen atoms in total. The Bertz CT molecular complexity index is 214. The Kier molecular flexibility index (Phi) is 10.1. The van der Waals surface area contributed by atoms with Gasteiger partial charge >= 0.3 is 0 Å². The highest BCUT2D eigenvalue weighted by Crippen LogP contribution is 2.11. The molecule has 17 heavy (non-hydrogen) atoms. The van der Waals surface area contributed by atoms with Gasteiger partial charge in [0.1, 0.15) is 6.10 Å². The lowest BCUT2D eigenvalue weighted by Gasteiger charge is -2.14. The lowest BCUT2D eigenvalue weighted by molar-refractivity contribution is -0.130. The molecule has 0 aliphatic rings. The molecule has 0 saturated heterocycles. The van der Waals surface area contributed by atoms with Gasteiger partial charge in [-0.2, -0.15) is 0 Å². The molecule has 0 radical (unpaired) electrons. The zero-order valence-corrected chi connectivity index (χ0v) is 10.9. The highest BCUT2D eigenvalue weighted by molar-refractivity contribution is 5.80. The number of ketones is 1. The van der Waals surface area contributed by atoms with E-state index in [9.17, 15) is 15.0 Å². The Morgan fingerprint density at radius 1 is 1.12 bits per heavy atom. The molecule has 0 saturated carbocycles. The van der Waals surface area contributed by atoms with Crippen molar-refractivity contribution in [3.05, 3.63) is 12.7 Å². The summed E-state index contributed by atoms with van der Waals surface area (Å²) < 4.78 is 0. The van der Waals surface area contributed by atoms with Crippen molar-refractivity contribution in [2.24, 2.45) is 0 Å². The Balaban J connectivity index is 3.33. The number of allylic oxidation sites excluding steroid dienone is 1. The van der Waals surface area contributed by atoms with Gasteiger partial charge in [-0.15, -0.1) is 6.58 Å². The van der Waals surface area contributed by atoms with Gasteiger partial charge in [0.15, 0.2) is 5.78 Å². The summed E-state index contributed by atoms with van der Waals surface area (Å²) in [5, 5.41) is 18.8. The minimum Gasteiger partial charge on any atom is -0.390 e. The van der Waals surface area contributed by atoms with Gasteiger partial charge in [-0.3, -0.25) is 4.79 Å². The predicted molar refractivity (Wildman–Crippen MR) is 69.8 cm³/mol. The lowest BCUT2D eigenvalue weighted by atomic mass is 10.0. The fourth-order valence-electron chi connectivity index (χ4n) is 1.78. The second-order valence-corrected chi connectivity index (χ2v) is 4.61. The first-order valence-electron chi connectivity index (χ1n) is 6.57. The number of aliphatic hydroxyl groups excluding tert-OH is 2. The SMILES string of the molecule is C=CCCCCCCCC[C@@H](O)[C@@H](O)C(C)=O. The number of hydrogen-bond acceptors (Lipinski definition) is 3. The summed E-state index contributed by atoms with van der Waals surface area (Å²) in [5.41, 5.74) is 0. The van der Waals surface area contributed by atoms with Crippen LogP contribution in [0.1, 0.15) is 58.3 Å². The van der Waals surface area contributed by atoms with Crippen LogP contribution < -0.4 is 0 Å². The molecule has 0 unspecified atom stereocenters. The maximum atomic E-state index is 10.8. The van der Waals surface area contributed by atoms with Crippen LogP contribution in [-0.4, -0.2) is 28.2 Å². The summed E-state index contributed by atoms with van der Waals surface area (Å²) in [7, 11) is 0. The van der Waals surface area contributed by atoms with Crippen molar-refractivity contribution in [1.29, 1.82) is 0 Å². The summed E-state index contributed by atoms with van der Waals surface area (Å²) in [6.45, 7) is 4.98. The summed E-state index contributed by atoms with van der Waals surface area (Å²) in [6.07, 6.45) is 8.15. The number of rotatable bonds is 11. The van der Waals surface area contributed by atoms with Gasteiger partial charge in [0, 0.05) is 0 Å². The summed E-state index contributed by atoms with van der Waals surface area (Å²) in [4.78, 5) is 10.8. The largest absolute Gasteiger partial charge is 0.390 e. The van der Waals surface area contributed by atoms with Crippen LogP contribution >= 0.6 is 0 Å². The van der Waals surface area contributed by atoms with Gasteiger partial charge in [0.2, 0.25) is 0 Å². The van der Waals surface area contributed by atoms with Gasteiger partial charge in [-0.1, -0.05) is 38.2 Å². The van der Waals surface area contributed by atoms with Crippen LogP contribution in [0.5, 0.6) is 0 Å². The molecule has 2 atom stereocenters. The van der Waals surface area contributed by atoms with Crippen LogP contribution in [0.2, 0.25) is 0 Å². The molecule has 3 heteroatoms. The van der Waals surface area contributed by atoms with Gasteiger partial charge in [0.25, 0.3) is 0 Å². The van der Waals surface area contributed by atoms with Crippen molar-refractivity contribution in [2.45, 2.75) is 70.5 Å². The van der Waals surface area contributed by atoms with E-state index in [0.29, 0.717) is 6.42 Å². The van der Waals surface area contributed by atoms with Crippen LogP contribution in [0.15, 0.2) is 12.7 Å². The molecule has 2 N–H and O–H groups in total. The third kappa shape index (κ3) is 9.07. The quantitative estimate of drug-likeness (QED) is 0.432. The first-order valence-corrected chi connectivity index (χ1v) is 6.57. The minimum atomic E-state index is -1.21. The predicted octanol–water partition coefficient (Wildman–Crippen LogP) is 2.60. The lowest BCUT2D eigenvalue weighted by Crippen LogP contribution is -2.32. The first kappa shape index (κ1) is 16.3. The Labute approximate surface area is 105 Å². The maximum Gasteiger partial charge on any atom is 0.160 e. The molecular weight excluding hydrogens is 216 g/mol. The van der Waals surface area contributed by atoms with E-state index in [1.54, 1.807) is 0 Å². The van der Waals surface area contributed by atoms with Gasteiger partial charge in [0.05, 0.1) is 6.10 Å². The second kappa shape index (κ2) is 10.5. The monoisotopic (exact) mass is 242 g/mol. The molecule has 0 amide bonds. The summed E-state index contributed by atoms with van der Waals surface area (Å²) >= 11 is 0. The van der Waals surface area contributed by atoms with E-state index in [4.69, 9.17) is 0 Å². The van der Waals surface area contributed by atoms with Crippen LogP contribution in [0.3, 0.4) is 0 Å². The van der Waals surface area contributed by atoms with E-state index < -0.39 is 12.2 Å². The van der Waals surface area contributed by atoms with E-state index in [0.717, 1.165) is 25.7 Å². The van der Waals surface area contributed by atoms with Crippen molar-refractivity contribution in [3.8, 4) is 0 Å². The first-order chi connectivity index (χ1) is 8.09. The Morgan fingerprint density at radius 3 is 2.18 bits per heavy atom. The molecular formula is C14H26O3.